The second kappa shape index (κ2) is 9.46. The molecule has 0 spiro atoms. The summed E-state index contributed by atoms with van der Waals surface area (Å²) in [5.74, 6) is 1.96. The summed E-state index contributed by atoms with van der Waals surface area (Å²) in [7, 11) is -3.75. The second-order valence-corrected chi connectivity index (χ2v) is 10.2. The summed E-state index contributed by atoms with van der Waals surface area (Å²) in [6, 6.07) is 19.5. The van der Waals surface area contributed by atoms with Crippen LogP contribution in [0.1, 0.15) is 22.3 Å². The highest BCUT2D eigenvalue weighted by atomic mass is 32.2. The van der Waals surface area contributed by atoms with Gasteiger partial charge >= 0.3 is 0 Å². The number of aromatic nitrogens is 2. The van der Waals surface area contributed by atoms with Crippen molar-refractivity contribution in [1.29, 1.82) is 5.26 Å². The van der Waals surface area contributed by atoms with Gasteiger partial charge in [-0.15, -0.1) is 0 Å². The molecular weight excluding hydrogens is 488 g/mol. The number of nitriles is 1. The average molecular weight is 511 g/mol. The maximum absolute atomic E-state index is 11.6. The molecule has 0 amide bonds. The summed E-state index contributed by atoms with van der Waals surface area (Å²) in [4.78, 5) is 13.5. The van der Waals surface area contributed by atoms with Crippen molar-refractivity contribution in [2.45, 2.75) is 25.2 Å². The van der Waals surface area contributed by atoms with Crippen molar-refractivity contribution in [1.82, 2.24) is 9.97 Å². The second-order valence-electron chi connectivity index (χ2n) is 8.60. The number of hydrogen-bond donors (Lipinski definition) is 2. The molecule has 0 saturated carbocycles. The molecular formula is C27H22N6O3S. The Bertz CT molecular complexity index is 1670. The molecule has 4 aromatic rings. The van der Waals surface area contributed by atoms with Crippen LogP contribution in [0.3, 0.4) is 0 Å². The number of primary sulfonamides is 1. The van der Waals surface area contributed by atoms with Crippen LogP contribution in [0.15, 0.2) is 70.6 Å². The van der Waals surface area contributed by atoms with E-state index >= 15 is 0 Å². The van der Waals surface area contributed by atoms with E-state index in [0.717, 1.165) is 33.5 Å². The number of hydrogen-bond acceptors (Lipinski definition) is 8. The maximum Gasteiger partial charge on any atom is 0.238 e. The Kier molecular flexibility index (Phi) is 6.17. The lowest BCUT2D eigenvalue weighted by Crippen LogP contribution is -2.11. The van der Waals surface area contributed by atoms with Gasteiger partial charge in [0.15, 0.2) is 5.82 Å². The molecule has 0 fully saturated rings. The molecule has 1 aliphatic rings. The van der Waals surface area contributed by atoms with Gasteiger partial charge in [-0.2, -0.15) is 15.2 Å². The predicted octanol–water partition coefficient (Wildman–Crippen LogP) is 5.07. The third-order valence-corrected chi connectivity index (χ3v) is 6.83. The minimum atomic E-state index is -3.75. The maximum atomic E-state index is 11.6. The van der Waals surface area contributed by atoms with E-state index in [2.05, 4.69) is 26.3 Å². The topological polar surface area (TPSA) is 143 Å². The molecule has 0 aliphatic carbocycles. The molecule has 2 heterocycles. The number of aryl methyl sites for hydroxylation is 2. The Balaban J connectivity index is 1.45. The van der Waals surface area contributed by atoms with E-state index in [1.165, 1.54) is 12.1 Å². The first kappa shape index (κ1) is 24.1. The van der Waals surface area contributed by atoms with Gasteiger partial charge in [-0.05, 0) is 84.6 Å². The molecule has 0 radical (unpaired) electrons. The van der Waals surface area contributed by atoms with E-state index in [4.69, 9.17) is 15.1 Å². The highest BCUT2D eigenvalue weighted by Crippen LogP contribution is 2.38. The van der Waals surface area contributed by atoms with Crippen molar-refractivity contribution >= 4 is 33.7 Å². The zero-order valence-corrected chi connectivity index (χ0v) is 20.9. The third-order valence-electron chi connectivity index (χ3n) is 5.90. The first-order chi connectivity index (χ1) is 17.7. The molecule has 0 atom stereocenters. The third kappa shape index (κ3) is 5.04. The Morgan fingerprint density at radius 1 is 0.973 bits per heavy atom. The van der Waals surface area contributed by atoms with Gasteiger partial charge in [-0.25, -0.2) is 18.5 Å². The highest BCUT2D eigenvalue weighted by molar-refractivity contribution is 7.89. The summed E-state index contributed by atoms with van der Waals surface area (Å²) in [5.41, 5.74) is 5.64. The van der Waals surface area contributed by atoms with E-state index in [1.54, 1.807) is 42.6 Å². The fourth-order valence-electron chi connectivity index (χ4n) is 4.07. The van der Waals surface area contributed by atoms with Crippen LogP contribution in [-0.4, -0.2) is 24.6 Å². The number of aliphatic imine (C=N–C) groups is 1. The van der Waals surface area contributed by atoms with Gasteiger partial charge in [0.1, 0.15) is 5.75 Å². The number of nitrogens with zero attached hydrogens (tertiary/aromatic N) is 4. The fourth-order valence-corrected chi connectivity index (χ4v) is 4.59. The van der Waals surface area contributed by atoms with Crippen LogP contribution in [0.4, 0.5) is 17.5 Å². The number of anilines is 2. The lowest BCUT2D eigenvalue weighted by Gasteiger charge is -2.16. The Hall–Kier alpha value is -4.59. The van der Waals surface area contributed by atoms with Gasteiger partial charge in [-0.3, -0.25) is 0 Å². The first-order valence-corrected chi connectivity index (χ1v) is 12.9. The van der Waals surface area contributed by atoms with Crippen LogP contribution in [0.5, 0.6) is 11.6 Å². The number of fused-ring (bicyclic) bond motifs is 1. The lowest BCUT2D eigenvalue weighted by molar-refractivity contribution is 0.451. The van der Waals surface area contributed by atoms with Crippen LogP contribution in [0, 0.1) is 25.2 Å². The monoisotopic (exact) mass is 510 g/mol. The normalized spacial score (nSPS) is 12.2. The van der Waals surface area contributed by atoms with Gasteiger partial charge in [-0.1, -0.05) is 12.1 Å². The SMILES string of the molecule is Cc1cc(-c2ccc(S(N)(=O)=O)cc2)cc(C)c1Oc1nc(Nc2ccc(C#N)cc2)nc2c1CC=N2. The number of ether oxygens (including phenoxy) is 1. The highest BCUT2D eigenvalue weighted by Gasteiger charge is 2.21. The van der Waals surface area contributed by atoms with E-state index in [0.29, 0.717) is 35.4 Å². The zero-order chi connectivity index (χ0) is 26.2. The molecule has 1 aliphatic heterocycles. The van der Waals surface area contributed by atoms with E-state index in [1.807, 2.05) is 26.0 Å². The number of benzene rings is 3. The fraction of sp³-hybridized carbons (Fsp3) is 0.111. The lowest BCUT2D eigenvalue weighted by atomic mass is 10.00. The number of rotatable bonds is 6. The van der Waals surface area contributed by atoms with Crippen LogP contribution in [-0.2, 0) is 16.4 Å². The van der Waals surface area contributed by atoms with Gasteiger partial charge in [0.2, 0.25) is 21.9 Å². The van der Waals surface area contributed by atoms with Crippen molar-refractivity contribution in [2.75, 3.05) is 5.32 Å². The smallest absolute Gasteiger partial charge is 0.238 e. The van der Waals surface area contributed by atoms with Crippen LogP contribution in [0.2, 0.25) is 0 Å². The quantitative estimate of drug-likeness (QED) is 0.368. The summed E-state index contributed by atoms with van der Waals surface area (Å²) < 4.78 is 29.5. The Morgan fingerprint density at radius 2 is 1.65 bits per heavy atom. The van der Waals surface area contributed by atoms with Gasteiger partial charge < -0.3 is 10.1 Å². The number of sulfonamides is 1. The summed E-state index contributed by atoms with van der Waals surface area (Å²) in [6.07, 6.45) is 2.33. The molecule has 0 saturated heterocycles. The molecule has 0 bridgehead atoms. The summed E-state index contributed by atoms with van der Waals surface area (Å²) >= 11 is 0. The molecule has 5 rings (SSSR count). The van der Waals surface area contributed by atoms with Crippen LogP contribution >= 0.6 is 0 Å². The molecule has 0 unspecified atom stereocenters. The number of nitrogens with two attached hydrogens (primary N) is 1. The Morgan fingerprint density at radius 3 is 2.27 bits per heavy atom. The van der Waals surface area contributed by atoms with Crippen molar-refractivity contribution in [3.05, 3.63) is 82.9 Å². The predicted molar refractivity (Wildman–Crippen MR) is 141 cm³/mol. The number of nitrogens with one attached hydrogen (secondary N) is 1. The van der Waals surface area contributed by atoms with Crippen molar-refractivity contribution in [3.8, 4) is 28.8 Å². The molecule has 37 heavy (non-hydrogen) atoms. The van der Waals surface area contributed by atoms with Crippen LogP contribution < -0.4 is 15.2 Å². The van der Waals surface area contributed by atoms with Crippen molar-refractivity contribution in [2.24, 2.45) is 10.1 Å². The van der Waals surface area contributed by atoms with Crippen molar-refractivity contribution < 1.29 is 13.2 Å². The van der Waals surface area contributed by atoms with E-state index in [9.17, 15) is 8.42 Å². The van der Waals surface area contributed by atoms with E-state index < -0.39 is 10.0 Å². The molecule has 3 aromatic carbocycles. The summed E-state index contributed by atoms with van der Waals surface area (Å²) in [5, 5.41) is 17.4. The van der Waals surface area contributed by atoms with Gasteiger partial charge in [0.25, 0.3) is 0 Å². The molecule has 184 valence electrons. The first-order valence-electron chi connectivity index (χ1n) is 11.3. The minimum Gasteiger partial charge on any atom is -0.438 e. The van der Waals surface area contributed by atoms with Gasteiger partial charge in [0, 0.05) is 18.3 Å². The van der Waals surface area contributed by atoms with E-state index in [-0.39, 0.29) is 4.90 Å². The molecule has 9 nitrogen and oxygen atoms in total. The average Bonchev–Trinajstić information content (AvgIpc) is 3.35. The van der Waals surface area contributed by atoms with Crippen molar-refractivity contribution in [3.63, 3.8) is 0 Å². The summed E-state index contributed by atoms with van der Waals surface area (Å²) in [6.45, 7) is 3.89. The molecule has 10 heteroatoms. The van der Waals surface area contributed by atoms with Gasteiger partial charge in [0.05, 0.1) is 22.1 Å². The molecule has 1 aromatic heterocycles. The minimum absolute atomic E-state index is 0.0647. The van der Waals surface area contributed by atoms with Crippen LogP contribution in [0.25, 0.3) is 11.1 Å². The largest absolute Gasteiger partial charge is 0.438 e. The zero-order valence-electron chi connectivity index (χ0n) is 20.1. The standard InChI is InChI=1S/C27H22N6O3S/c1-16-13-20(19-5-9-22(10-6-19)37(29,34)35)14-17(2)24(16)36-26-23-11-12-30-25(23)32-27(33-26)31-21-7-3-18(15-28)4-8-21/h3-10,12-14H,11H2,1-2H3,(H2,29,34,35)(H,31,32,33). The molecule has 3 N–H and O–H groups in total. The Labute approximate surface area is 214 Å².